The van der Waals surface area contributed by atoms with Crippen LogP contribution in [0.3, 0.4) is 0 Å². The zero-order chi connectivity index (χ0) is 12.1. The van der Waals surface area contributed by atoms with Crippen LogP contribution in [-0.4, -0.2) is 0 Å². The Balaban J connectivity index is 0. The van der Waals surface area contributed by atoms with E-state index in [-0.39, 0.29) is 0 Å². The molecule has 1 N–H and O–H groups in total. The van der Waals surface area contributed by atoms with Crippen molar-refractivity contribution in [2.45, 2.75) is 13.8 Å². The van der Waals surface area contributed by atoms with Crippen LogP contribution in [0.5, 0.6) is 0 Å². The van der Waals surface area contributed by atoms with Gasteiger partial charge in [0.15, 0.2) is 0 Å². The maximum absolute atomic E-state index is 3.84. The van der Waals surface area contributed by atoms with Crippen molar-refractivity contribution in [2.75, 3.05) is 0 Å². The van der Waals surface area contributed by atoms with Crippen LogP contribution in [0.4, 0.5) is 0 Å². The summed E-state index contributed by atoms with van der Waals surface area (Å²) >= 11 is 0. The first kappa shape index (κ1) is 15.7. The van der Waals surface area contributed by atoms with Crippen molar-refractivity contribution in [1.82, 2.24) is 5.32 Å². The molecule has 0 saturated carbocycles. The zero-order valence-corrected chi connectivity index (χ0v) is 9.79. The van der Waals surface area contributed by atoms with Crippen LogP contribution in [0.15, 0.2) is 74.2 Å². The Hall–Kier alpha value is -1.76. The lowest BCUT2D eigenvalue weighted by Crippen LogP contribution is -2.07. The van der Waals surface area contributed by atoms with Gasteiger partial charge in [0.1, 0.15) is 0 Å². The highest BCUT2D eigenvalue weighted by molar-refractivity contribution is 5.25. The van der Waals surface area contributed by atoms with Crippen LogP contribution < -0.4 is 5.32 Å². The average Bonchev–Trinajstić information content (AvgIpc) is 2.29. The Kier molecular flexibility index (Phi) is 12.8. The van der Waals surface area contributed by atoms with E-state index < -0.39 is 0 Å². The van der Waals surface area contributed by atoms with Gasteiger partial charge >= 0.3 is 0 Å². The van der Waals surface area contributed by atoms with E-state index in [0.717, 1.165) is 11.4 Å². The summed E-state index contributed by atoms with van der Waals surface area (Å²) in [4.78, 5) is 0. The highest BCUT2D eigenvalue weighted by Crippen LogP contribution is 1.96. The van der Waals surface area contributed by atoms with E-state index in [1.54, 1.807) is 6.08 Å². The van der Waals surface area contributed by atoms with E-state index >= 15 is 0 Å². The van der Waals surface area contributed by atoms with Crippen LogP contribution in [0, 0.1) is 0 Å². The van der Waals surface area contributed by atoms with Crippen LogP contribution >= 0.6 is 0 Å². The lowest BCUT2D eigenvalue weighted by molar-refractivity contribution is 1.05. The second-order valence-corrected chi connectivity index (χ2v) is 2.48. The van der Waals surface area contributed by atoms with Gasteiger partial charge < -0.3 is 5.32 Å². The summed E-state index contributed by atoms with van der Waals surface area (Å²) in [7, 11) is 0. The van der Waals surface area contributed by atoms with Gasteiger partial charge in [0.25, 0.3) is 0 Å². The van der Waals surface area contributed by atoms with Gasteiger partial charge in [-0.1, -0.05) is 37.5 Å². The van der Waals surface area contributed by atoms with Gasteiger partial charge in [-0.3, -0.25) is 0 Å². The third-order valence-corrected chi connectivity index (χ3v) is 1.44. The molecule has 0 aromatic carbocycles. The standard InChI is InChI=1S/C12H17N.C2H4/c1-5-8-9-10-11(4)13-12(6-2)7-3;1-2/h5-10,13H,2,4H2,1,3H3;1-2H2/b8-5-,10-9-,12-7+;. The molecule has 0 aromatic rings. The number of nitrogens with one attached hydrogen (secondary N) is 1. The molecular formula is C14H21N. The van der Waals surface area contributed by atoms with Crippen molar-refractivity contribution >= 4 is 0 Å². The molecule has 0 aromatic heterocycles. The SMILES string of the molecule is C=C.C=C/C(=C\C)NC(=C)/C=C\C=C/C. The predicted octanol–water partition coefficient (Wildman–Crippen LogP) is 4.11. The third kappa shape index (κ3) is 10.2. The van der Waals surface area contributed by atoms with Crippen molar-refractivity contribution in [3.8, 4) is 0 Å². The molecule has 0 heterocycles. The van der Waals surface area contributed by atoms with Gasteiger partial charge in [0, 0.05) is 11.4 Å². The summed E-state index contributed by atoms with van der Waals surface area (Å²) < 4.78 is 0. The Morgan fingerprint density at radius 2 is 1.73 bits per heavy atom. The average molecular weight is 203 g/mol. The van der Waals surface area contributed by atoms with Gasteiger partial charge in [-0.25, -0.2) is 0 Å². The Morgan fingerprint density at radius 1 is 1.13 bits per heavy atom. The Labute approximate surface area is 93.9 Å². The van der Waals surface area contributed by atoms with Crippen molar-refractivity contribution in [3.05, 3.63) is 74.2 Å². The van der Waals surface area contributed by atoms with Crippen LogP contribution in [-0.2, 0) is 0 Å². The molecule has 1 nitrogen and oxygen atoms in total. The molecule has 0 radical (unpaired) electrons. The molecule has 0 aliphatic carbocycles. The van der Waals surface area contributed by atoms with E-state index in [4.69, 9.17) is 0 Å². The van der Waals surface area contributed by atoms with Gasteiger partial charge in [0.05, 0.1) is 0 Å². The normalized spacial score (nSPS) is 10.9. The van der Waals surface area contributed by atoms with Crippen molar-refractivity contribution in [1.29, 1.82) is 0 Å². The minimum Gasteiger partial charge on any atom is -0.356 e. The summed E-state index contributed by atoms with van der Waals surface area (Å²) in [6, 6.07) is 0. The fraction of sp³-hybridized carbons (Fsp3) is 0.143. The predicted molar refractivity (Wildman–Crippen MR) is 71.4 cm³/mol. The molecule has 15 heavy (non-hydrogen) atoms. The molecule has 0 saturated heterocycles. The van der Waals surface area contributed by atoms with Crippen molar-refractivity contribution < 1.29 is 0 Å². The molecule has 0 rings (SSSR count). The summed E-state index contributed by atoms with van der Waals surface area (Å²) in [6.45, 7) is 17.4. The highest BCUT2D eigenvalue weighted by atomic mass is 14.9. The largest absolute Gasteiger partial charge is 0.356 e. The fourth-order valence-electron chi connectivity index (χ4n) is 0.751. The quantitative estimate of drug-likeness (QED) is 0.523. The van der Waals surface area contributed by atoms with Gasteiger partial charge in [0.2, 0.25) is 0 Å². The first-order valence-electron chi connectivity index (χ1n) is 4.78. The lowest BCUT2D eigenvalue weighted by Gasteiger charge is -2.04. The first-order chi connectivity index (χ1) is 7.24. The number of hydrogen-bond donors (Lipinski definition) is 1. The molecule has 0 spiro atoms. The third-order valence-electron chi connectivity index (χ3n) is 1.44. The first-order valence-corrected chi connectivity index (χ1v) is 4.78. The topological polar surface area (TPSA) is 12.0 Å². The molecule has 0 aliphatic heterocycles. The summed E-state index contributed by atoms with van der Waals surface area (Å²) in [5, 5.41) is 3.10. The Bertz CT molecular complexity index is 267. The minimum atomic E-state index is 0.853. The van der Waals surface area contributed by atoms with Crippen LogP contribution in [0.2, 0.25) is 0 Å². The second kappa shape index (κ2) is 12.2. The van der Waals surface area contributed by atoms with E-state index in [2.05, 4.69) is 31.6 Å². The Morgan fingerprint density at radius 3 is 2.13 bits per heavy atom. The minimum absolute atomic E-state index is 0.853. The van der Waals surface area contributed by atoms with Crippen molar-refractivity contribution in [3.63, 3.8) is 0 Å². The van der Waals surface area contributed by atoms with Gasteiger partial charge in [-0.05, 0) is 26.0 Å². The highest BCUT2D eigenvalue weighted by Gasteiger charge is 1.87. The summed E-state index contributed by atoms with van der Waals surface area (Å²) in [5.41, 5.74) is 1.82. The van der Waals surface area contributed by atoms with E-state index in [1.165, 1.54) is 0 Å². The number of rotatable bonds is 5. The smallest absolute Gasteiger partial charge is 0.0334 e. The molecule has 0 fully saturated rings. The molecular weight excluding hydrogens is 182 g/mol. The molecule has 82 valence electrons. The van der Waals surface area contributed by atoms with Crippen LogP contribution in [0.25, 0.3) is 0 Å². The maximum Gasteiger partial charge on any atom is 0.0334 e. The number of hydrogen-bond acceptors (Lipinski definition) is 1. The lowest BCUT2D eigenvalue weighted by atomic mass is 10.3. The number of allylic oxidation sites excluding steroid dienone is 6. The van der Waals surface area contributed by atoms with Crippen molar-refractivity contribution in [2.24, 2.45) is 0 Å². The summed E-state index contributed by atoms with van der Waals surface area (Å²) in [5.74, 6) is 0. The summed E-state index contributed by atoms with van der Waals surface area (Å²) in [6.07, 6.45) is 11.5. The molecule has 0 amide bonds. The molecule has 0 bridgehead atoms. The molecule has 1 heteroatoms. The van der Waals surface area contributed by atoms with E-state index in [1.807, 2.05) is 44.2 Å². The molecule has 0 aliphatic rings. The maximum atomic E-state index is 3.84. The fourth-order valence-corrected chi connectivity index (χ4v) is 0.751. The van der Waals surface area contributed by atoms with Gasteiger partial charge in [-0.2, -0.15) is 0 Å². The zero-order valence-electron chi connectivity index (χ0n) is 9.79. The van der Waals surface area contributed by atoms with Crippen LogP contribution in [0.1, 0.15) is 13.8 Å². The molecule has 0 atom stereocenters. The van der Waals surface area contributed by atoms with E-state index in [9.17, 15) is 0 Å². The molecule has 0 unspecified atom stereocenters. The second-order valence-electron chi connectivity index (χ2n) is 2.48. The van der Waals surface area contributed by atoms with Gasteiger partial charge in [-0.15, -0.1) is 13.2 Å². The van der Waals surface area contributed by atoms with E-state index in [0.29, 0.717) is 0 Å². The monoisotopic (exact) mass is 203 g/mol.